The molecule has 2 aliphatic heterocycles. The van der Waals surface area contributed by atoms with Gasteiger partial charge < -0.3 is 25.3 Å². The summed E-state index contributed by atoms with van der Waals surface area (Å²) in [7, 11) is 0. The molecular formula is C27H32N6O2. The summed E-state index contributed by atoms with van der Waals surface area (Å²) < 4.78 is 7.83. The van der Waals surface area contributed by atoms with Crippen molar-refractivity contribution in [3.63, 3.8) is 0 Å². The van der Waals surface area contributed by atoms with Gasteiger partial charge in [0.15, 0.2) is 0 Å². The van der Waals surface area contributed by atoms with Crippen LogP contribution in [0.3, 0.4) is 0 Å². The third-order valence-electron chi connectivity index (χ3n) is 7.63. The summed E-state index contributed by atoms with van der Waals surface area (Å²) in [4.78, 5) is 17.1. The average Bonchev–Trinajstić information content (AvgIpc) is 3.60. The topological polar surface area (TPSA) is 86.0 Å². The van der Waals surface area contributed by atoms with Crippen molar-refractivity contribution in [1.29, 1.82) is 5.41 Å². The number of piperazine rings is 1. The number of nitrogens with zero attached hydrogens (tertiary/aromatic N) is 4. The Morgan fingerprint density at radius 3 is 2.57 bits per heavy atom. The molecule has 1 unspecified atom stereocenters. The Kier molecular flexibility index (Phi) is 5.78. The van der Waals surface area contributed by atoms with Crippen molar-refractivity contribution in [3.05, 3.63) is 54.4 Å². The zero-order chi connectivity index (χ0) is 23.9. The fourth-order valence-corrected chi connectivity index (χ4v) is 5.44. The van der Waals surface area contributed by atoms with Crippen LogP contribution in [-0.2, 0) is 9.53 Å². The van der Waals surface area contributed by atoms with Crippen molar-refractivity contribution < 1.29 is 9.53 Å². The third kappa shape index (κ3) is 4.32. The van der Waals surface area contributed by atoms with Crippen LogP contribution in [0.5, 0.6) is 0 Å². The first-order valence-corrected chi connectivity index (χ1v) is 12.6. The number of amides is 1. The molecule has 1 aliphatic carbocycles. The molecule has 3 atom stereocenters. The van der Waals surface area contributed by atoms with Crippen LogP contribution >= 0.6 is 0 Å². The summed E-state index contributed by atoms with van der Waals surface area (Å²) in [5.41, 5.74) is 6.35. The maximum Gasteiger partial charge on any atom is 0.226 e. The highest BCUT2D eigenvalue weighted by molar-refractivity contribution is 5.93. The average molecular weight is 473 g/mol. The summed E-state index contributed by atoms with van der Waals surface area (Å²) in [6.45, 7) is 7.38. The van der Waals surface area contributed by atoms with Crippen LogP contribution in [0.4, 0.5) is 5.69 Å². The van der Waals surface area contributed by atoms with Gasteiger partial charge in [-0.05, 0) is 36.6 Å². The van der Waals surface area contributed by atoms with E-state index in [1.807, 2.05) is 22.5 Å². The molecule has 2 aromatic heterocycles. The van der Waals surface area contributed by atoms with Crippen molar-refractivity contribution in [1.82, 2.24) is 19.8 Å². The van der Waals surface area contributed by atoms with E-state index < -0.39 is 0 Å². The van der Waals surface area contributed by atoms with Gasteiger partial charge in [0, 0.05) is 74.8 Å². The van der Waals surface area contributed by atoms with Crippen LogP contribution < -0.4 is 10.2 Å². The number of aromatic nitrogens is 2. The smallest absolute Gasteiger partial charge is 0.226 e. The number of ether oxygens (including phenoxy) is 1. The van der Waals surface area contributed by atoms with Crippen LogP contribution in [0.15, 0.2) is 48.8 Å². The lowest BCUT2D eigenvalue weighted by atomic mass is 10.0. The molecule has 8 heteroatoms. The first-order valence-electron chi connectivity index (χ1n) is 12.6. The van der Waals surface area contributed by atoms with Gasteiger partial charge in [0.1, 0.15) is 0 Å². The fourth-order valence-electron chi connectivity index (χ4n) is 5.44. The normalized spacial score (nSPS) is 24.5. The predicted octanol–water partition coefficient (Wildman–Crippen LogP) is 2.99. The lowest BCUT2D eigenvalue weighted by Crippen LogP contribution is -2.49. The van der Waals surface area contributed by atoms with Gasteiger partial charge in [0.25, 0.3) is 0 Å². The number of rotatable bonds is 5. The number of anilines is 1. The number of fused-ring (bicyclic) bond motifs is 1. The van der Waals surface area contributed by atoms with Gasteiger partial charge in [-0.3, -0.25) is 4.79 Å². The zero-order valence-corrected chi connectivity index (χ0v) is 20.1. The molecule has 6 rings (SSSR count). The Balaban J connectivity index is 1.16. The lowest BCUT2D eigenvalue weighted by molar-refractivity contribution is -0.133. The van der Waals surface area contributed by atoms with Gasteiger partial charge in [0.2, 0.25) is 5.91 Å². The number of carbonyl (C=O) groups excluding carboxylic acids is 1. The Bertz CT molecular complexity index is 1240. The van der Waals surface area contributed by atoms with E-state index in [0.29, 0.717) is 5.71 Å². The minimum Gasteiger partial charge on any atom is -0.371 e. The van der Waals surface area contributed by atoms with Crippen LogP contribution in [0.25, 0.3) is 16.6 Å². The summed E-state index contributed by atoms with van der Waals surface area (Å²) in [6, 6.07) is 12.9. The monoisotopic (exact) mass is 472 g/mol. The number of morpholine rings is 1. The predicted molar refractivity (Wildman–Crippen MR) is 136 cm³/mol. The molecule has 4 heterocycles. The van der Waals surface area contributed by atoms with E-state index in [9.17, 15) is 4.79 Å². The second-order valence-corrected chi connectivity index (χ2v) is 9.90. The molecular weight excluding hydrogens is 440 g/mol. The third-order valence-corrected chi connectivity index (χ3v) is 7.63. The van der Waals surface area contributed by atoms with E-state index in [1.54, 1.807) is 0 Å². The molecule has 35 heavy (non-hydrogen) atoms. The van der Waals surface area contributed by atoms with Crippen LogP contribution in [-0.4, -0.2) is 72.0 Å². The van der Waals surface area contributed by atoms with Gasteiger partial charge >= 0.3 is 0 Å². The maximum absolute atomic E-state index is 12.8. The van der Waals surface area contributed by atoms with E-state index in [-0.39, 0.29) is 23.8 Å². The van der Waals surface area contributed by atoms with Crippen molar-refractivity contribution in [2.24, 2.45) is 11.8 Å². The molecule has 2 N–H and O–H groups in total. The minimum absolute atomic E-state index is 0.0344. The van der Waals surface area contributed by atoms with E-state index >= 15 is 0 Å². The Hall–Kier alpha value is -3.23. The van der Waals surface area contributed by atoms with Crippen LogP contribution in [0.1, 0.15) is 25.0 Å². The van der Waals surface area contributed by atoms with E-state index in [4.69, 9.17) is 10.1 Å². The molecule has 3 aromatic rings. The minimum atomic E-state index is 0.0344. The molecule has 1 amide bonds. The standard InChI is InChI=1S/C27H32N6O2/c1-18(28)22-15-23(22)27(34)32-11-9-31(10-12-32)24-6-7-30-33-17-21(14-25(24)33)19-2-4-20(5-3-19)26-16-29-8-13-35-26/h2-7,14,17,22-23,26,28-29H,8-13,15-16H2,1H3/t22-,23+,26?/m1/s1. The van der Waals surface area contributed by atoms with E-state index in [1.165, 1.54) is 5.56 Å². The first-order chi connectivity index (χ1) is 17.1. The summed E-state index contributed by atoms with van der Waals surface area (Å²) >= 11 is 0. The first kappa shape index (κ1) is 22.2. The van der Waals surface area contributed by atoms with Crippen molar-refractivity contribution >= 4 is 22.8 Å². The molecule has 3 fully saturated rings. The fraction of sp³-hybridized carbons (Fsp3) is 0.444. The summed E-state index contributed by atoms with van der Waals surface area (Å²) in [5, 5.41) is 15.7. The largest absolute Gasteiger partial charge is 0.371 e. The number of carbonyl (C=O) groups is 1. The van der Waals surface area contributed by atoms with Crippen molar-refractivity contribution in [2.75, 3.05) is 50.8 Å². The number of hydrogen-bond donors (Lipinski definition) is 2. The zero-order valence-electron chi connectivity index (χ0n) is 20.1. The molecule has 0 spiro atoms. The summed E-state index contributed by atoms with van der Waals surface area (Å²) in [5.74, 6) is 0.427. The van der Waals surface area contributed by atoms with Crippen LogP contribution in [0, 0.1) is 17.2 Å². The highest BCUT2D eigenvalue weighted by Gasteiger charge is 2.46. The van der Waals surface area contributed by atoms with Crippen molar-refractivity contribution in [2.45, 2.75) is 19.4 Å². The number of nitrogens with one attached hydrogen (secondary N) is 2. The van der Waals surface area contributed by atoms with E-state index in [0.717, 1.165) is 74.6 Å². The van der Waals surface area contributed by atoms with E-state index in [2.05, 4.69) is 57.9 Å². The van der Waals surface area contributed by atoms with Crippen molar-refractivity contribution in [3.8, 4) is 11.1 Å². The van der Waals surface area contributed by atoms with Gasteiger partial charge in [0.05, 0.1) is 23.9 Å². The molecule has 2 saturated heterocycles. The highest BCUT2D eigenvalue weighted by Crippen LogP contribution is 2.41. The number of benzene rings is 1. The quantitative estimate of drug-likeness (QED) is 0.558. The molecule has 0 radical (unpaired) electrons. The number of hydrogen-bond acceptors (Lipinski definition) is 6. The Labute approximate surface area is 205 Å². The van der Waals surface area contributed by atoms with Crippen LogP contribution in [0.2, 0.25) is 0 Å². The highest BCUT2D eigenvalue weighted by atomic mass is 16.5. The SMILES string of the molecule is CC(=N)[C@H]1C[C@@H]1C(=O)N1CCN(c2ccnn3cc(-c4ccc(C5CNCCO5)cc4)cc23)CC1. The van der Waals surface area contributed by atoms with Gasteiger partial charge in [-0.25, -0.2) is 4.52 Å². The molecule has 1 aromatic carbocycles. The maximum atomic E-state index is 12.8. The van der Waals surface area contributed by atoms with Gasteiger partial charge in [-0.2, -0.15) is 5.10 Å². The molecule has 1 saturated carbocycles. The summed E-state index contributed by atoms with van der Waals surface area (Å²) in [6.07, 6.45) is 4.89. The molecule has 182 valence electrons. The Morgan fingerprint density at radius 1 is 1.09 bits per heavy atom. The van der Waals surface area contributed by atoms with Gasteiger partial charge in [-0.1, -0.05) is 24.3 Å². The Morgan fingerprint density at radius 2 is 1.89 bits per heavy atom. The van der Waals surface area contributed by atoms with Gasteiger partial charge in [-0.15, -0.1) is 0 Å². The molecule has 3 aliphatic rings. The second-order valence-electron chi connectivity index (χ2n) is 9.90. The lowest BCUT2D eigenvalue weighted by Gasteiger charge is -2.36. The molecule has 0 bridgehead atoms. The molecule has 8 nitrogen and oxygen atoms in total. The second kappa shape index (κ2) is 9.09.